The number of piperidine rings is 1. The second-order valence-electron chi connectivity index (χ2n) is 4.77. The first-order chi connectivity index (χ1) is 6.59. The number of rotatable bonds is 4. The van der Waals surface area contributed by atoms with Gasteiger partial charge in [-0.15, -0.1) is 11.6 Å². The van der Waals surface area contributed by atoms with Crippen LogP contribution < -0.4 is 0 Å². The van der Waals surface area contributed by atoms with Crippen LogP contribution in [-0.4, -0.2) is 41.6 Å². The van der Waals surface area contributed by atoms with E-state index in [0.29, 0.717) is 11.3 Å². The minimum absolute atomic E-state index is 0.349. The van der Waals surface area contributed by atoms with Crippen molar-refractivity contribution in [3.8, 4) is 0 Å². The molecule has 2 nitrogen and oxygen atoms in total. The fourth-order valence-electron chi connectivity index (χ4n) is 1.98. The molecule has 1 N–H and O–H groups in total. The Bertz CT molecular complexity index is 167. The number of β-amino-alcohol motifs (C(OH)–C–C–N with tert-alkyl or cyclic N) is 1. The lowest BCUT2D eigenvalue weighted by Crippen LogP contribution is -2.42. The predicted octanol–water partition coefficient (Wildman–Crippen LogP) is 2.10. The quantitative estimate of drug-likeness (QED) is 0.733. The van der Waals surface area contributed by atoms with Gasteiger partial charge in [0.25, 0.3) is 0 Å². The normalized spacial score (nSPS) is 24.9. The second-order valence-corrected chi connectivity index (χ2v) is 5.08. The molecule has 1 fully saturated rings. The Morgan fingerprint density at radius 2 is 2.00 bits per heavy atom. The molecule has 0 amide bonds. The largest absolute Gasteiger partial charge is 0.391 e. The van der Waals surface area contributed by atoms with Crippen LogP contribution in [0.15, 0.2) is 0 Å². The average molecular weight is 220 g/mol. The van der Waals surface area contributed by atoms with Crippen LogP contribution in [0.1, 0.15) is 33.1 Å². The standard InChI is InChI=1S/C11H22ClNO/c1-3-11(2)4-6-13(7-5-11)9-10(14)8-12/h10,14H,3-9H2,1-2H3. The third-order valence-corrected chi connectivity index (χ3v) is 3.92. The molecular formula is C11H22ClNO. The second kappa shape index (κ2) is 5.34. The molecule has 1 saturated heterocycles. The van der Waals surface area contributed by atoms with Crippen molar-refractivity contribution in [3.63, 3.8) is 0 Å². The Kier molecular flexibility index (Phi) is 4.68. The fourth-order valence-corrected chi connectivity index (χ4v) is 2.07. The summed E-state index contributed by atoms with van der Waals surface area (Å²) in [5.74, 6) is 0.349. The first-order valence-electron chi connectivity index (χ1n) is 5.56. The molecule has 1 atom stereocenters. The highest BCUT2D eigenvalue weighted by Crippen LogP contribution is 2.33. The lowest BCUT2D eigenvalue weighted by Gasteiger charge is -2.39. The zero-order valence-electron chi connectivity index (χ0n) is 9.30. The van der Waals surface area contributed by atoms with E-state index in [2.05, 4.69) is 18.7 Å². The van der Waals surface area contributed by atoms with Crippen LogP contribution in [-0.2, 0) is 0 Å². The van der Waals surface area contributed by atoms with Crippen molar-refractivity contribution in [2.24, 2.45) is 5.41 Å². The van der Waals surface area contributed by atoms with Gasteiger partial charge in [-0.3, -0.25) is 0 Å². The maximum absolute atomic E-state index is 9.42. The molecular weight excluding hydrogens is 198 g/mol. The number of likely N-dealkylation sites (tertiary alicyclic amines) is 1. The van der Waals surface area contributed by atoms with Crippen molar-refractivity contribution in [1.29, 1.82) is 0 Å². The summed E-state index contributed by atoms with van der Waals surface area (Å²) >= 11 is 5.58. The summed E-state index contributed by atoms with van der Waals surface area (Å²) in [4.78, 5) is 2.32. The molecule has 1 aliphatic heterocycles. The Morgan fingerprint density at radius 1 is 1.43 bits per heavy atom. The van der Waals surface area contributed by atoms with E-state index in [0.717, 1.165) is 19.6 Å². The van der Waals surface area contributed by atoms with Crippen molar-refractivity contribution in [3.05, 3.63) is 0 Å². The molecule has 0 aromatic rings. The van der Waals surface area contributed by atoms with Crippen LogP contribution in [0.3, 0.4) is 0 Å². The molecule has 0 aromatic heterocycles. The molecule has 1 heterocycles. The first-order valence-corrected chi connectivity index (χ1v) is 6.09. The molecule has 84 valence electrons. The molecule has 0 radical (unpaired) electrons. The maximum Gasteiger partial charge on any atom is 0.0802 e. The number of aliphatic hydroxyl groups excluding tert-OH is 1. The topological polar surface area (TPSA) is 23.5 Å². The predicted molar refractivity (Wildman–Crippen MR) is 60.8 cm³/mol. The smallest absolute Gasteiger partial charge is 0.0802 e. The van der Waals surface area contributed by atoms with Gasteiger partial charge in [0.2, 0.25) is 0 Å². The van der Waals surface area contributed by atoms with E-state index in [1.54, 1.807) is 0 Å². The van der Waals surface area contributed by atoms with Crippen LogP contribution in [0.25, 0.3) is 0 Å². The highest BCUT2D eigenvalue weighted by Gasteiger charge is 2.28. The number of hydrogen-bond donors (Lipinski definition) is 1. The zero-order valence-corrected chi connectivity index (χ0v) is 10.1. The van der Waals surface area contributed by atoms with E-state index in [9.17, 15) is 5.11 Å². The Hall–Kier alpha value is 0.210. The van der Waals surface area contributed by atoms with Crippen molar-refractivity contribution < 1.29 is 5.11 Å². The number of nitrogens with zero attached hydrogens (tertiary/aromatic N) is 1. The summed E-state index contributed by atoms with van der Waals surface area (Å²) in [6.45, 7) is 7.59. The van der Waals surface area contributed by atoms with Gasteiger partial charge in [0, 0.05) is 12.4 Å². The van der Waals surface area contributed by atoms with Crippen molar-refractivity contribution in [2.75, 3.05) is 25.5 Å². The van der Waals surface area contributed by atoms with E-state index >= 15 is 0 Å². The molecule has 0 aromatic carbocycles. The Labute approximate surface area is 92.2 Å². The number of alkyl halides is 1. The van der Waals surface area contributed by atoms with E-state index < -0.39 is 0 Å². The molecule has 0 saturated carbocycles. The highest BCUT2D eigenvalue weighted by atomic mass is 35.5. The van der Waals surface area contributed by atoms with Gasteiger partial charge in [0.1, 0.15) is 0 Å². The molecule has 14 heavy (non-hydrogen) atoms. The van der Waals surface area contributed by atoms with Crippen LogP contribution in [0.4, 0.5) is 0 Å². The monoisotopic (exact) mass is 219 g/mol. The van der Waals surface area contributed by atoms with Gasteiger partial charge < -0.3 is 10.0 Å². The lowest BCUT2D eigenvalue weighted by atomic mass is 9.78. The van der Waals surface area contributed by atoms with Crippen LogP contribution in [0.5, 0.6) is 0 Å². The summed E-state index contributed by atoms with van der Waals surface area (Å²) in [5.41, 5.74) is 0.530. The highest BCUT2D eigenvalue weighted by molar-refractivity contribution is 6.18. The minimum Gasteiger partial charge on any atom is -0.391 e. The van der Waals surface area contributed by atoms with Crippen LogP contribution in [0, 0.1) is 5.41 Å². The third-order valence-electron chi connectivity index (χ3n) is 3.56. The van der Waals surface area contributed by atoms with Crippen molar-refractivity contribution in [2.45, 2.75) is 39.2 Å². The van der Waals surface area contributed by atoms with E-state index in [1.807, 2.05) is 0 Å². The van der Waals surface area contributed by atoms with E-state index in [-0.39, 0.29) is 6.10 Å². The maximum atomic E-state index is 9.42. The summed E-state index contributed by atoms with van der Waals surface area (Å²) in [7, 11) is 0. The van der Waals surface area contributed by atoms with Gasteiger partial charge in [-0.1, -0.05) is 20.3 Å². The van der Waals surface area contributed by atoms with Gasteiger partial charge >= 0.3 is 0 Å². The van der Waals surface area contributed by atoms with Gasteiger partial charge in [-0.2, -0.15) is 0 Å². The Balaban J connectivity index is 2.29. The number of halogens is 1. The summed E-state index contributed by atoms with van der Waals surface area (Å²) in [6.07, 6.45) is 3.40. The van der Waals surface area contributed by atoms with E-state index in [1.165, 1.54) is 19.3 Å². The van der Waals surface area contributed by atoms with Gasteiger partial charge in [0.15, 0.2) is 0 Å². The lowest BCUT2D eigenvalue weighted by molar-refractivity contribution is 0.0712. The minimum atomic E-state index is -0.359. The van der Waals surface area contributed by atoms with E-state index in [4.69, 9.17) is 11.6 Å². The SMILES string of the molecule is CCC1(C)CCN(CC(O)CCl)CC1. The van der Waals surface area contributed by atoms with Crippen LogP contribution in [0.2, 0.25) is 0 Å². The van der Waals surface area contributed by atoms with Gasteiger partial charge in [-0.05, 0) is 31.3 Å². The Morgan fingerprint density at radius 3 is 2.43 bits per heavy atom. The number of aliphatic hydroxyl groups is 1. The van der Waals surface area contributed by atoms with Crippen molar-refractivity contribution >= 4 is 11.6 Å². The van der Waals surface area contributed by atoms with Gasteiger partial charge in [-0.25, -0.2) is 0 Å². The fraction of sp³-hybridized carbons (Fsp3) is 1.00. The molecule has 1 rings (SSSR count). The first kappa shape index (κ1) is 12.3. The van der Waals surface area contributed by atoms with Gasteiger partial charge in [0.05, 0.1) is 6.10 Å². The van der Waals surface area contributed by atoms with Crippen molar-refractivity contribution in [1.82, 2.24) is 4.90 Å². The third kappa shape index (κ3) is 3.41. The number of hydrogen-bond acceptors (Lipinski definition) is 2. The molecule has 0 bridgehead atoms. The molecule has 0 aliphatic carbocycles. The summed E-state index contributed by atoms with van der Waals surface area (Å²) < 4.78 is 0. The summed E-state index contributed by atoms with van der Waals surface area (Å²) in [6, 6.07) is 0. The average Bonchev–Trinajstić information content (AvgIpc) is 2.21. The summed E-state index contributed by atoms with van der Waals surface area (Å²) in [5, 5.41) is 9.42. The molecule has 1 aliphatic rings. The molecule has 3 heteroatoms. The molecule has 1 unspecified atom stereocenters. The molecule has 0 spiro atoms. The zero-order chi connectivity index (χ0) is 10.6. The van der Waals surface area contributed by atoms with Crippen LogP contribution >= 0.6 is 11.6 Å².